The lowest BCUT2D eigenvalue weighted by Gasteiger charge is -2.53. The zero-order chi connectivity index (χ0) is 15.3. The van der Waals surface area contributed by atoms with Gasteiger partial charge >= 0.3 is 5.97 Å². The number of carbonyl (C=O) groups excluding carboxylic acids is 2. The zero-order valence-electron chi connectivity index (χ0n) is 13.3. The Hall–Kier alpha value is -1.12. The first kappa shape index (κ1) is 16.9. The molecule has 0 aromatic heterocycles. The maximum Gasteiger partial charge on any atom is 0.302 e. The molecule has 0 aromatic carbocycles. The Balaban J connectivity index is 2.39. The third-order valence-corrected chi connectivity index (χ3v) is 4.51. The Morgan fingerprint density at radius 2 is 1.90 bits per heavy atom. The second-order valence-electron chi connectivity index (χ2n) is 6.75. The van der Waals surface area contributed by atoms with Gasteiger partial charge in [-0.25, -0.2) is 0 Å². The summed E-state index contributed by atoms with van der Waals surface area (Å²) < 4.78 is 4.95. The molecule has 0 N–H and O–H groups in total. The molecule has 0 radical (unpaired) electrons. The van der Waals surface area contributed by atoms with Gasteiger partial charge in [0.25, 0.3) is 0 Å². The SMILES string of the molecule is C=C(CCCOC(C)=O)[C@@H]1CC(C)(C)[C@@H]1CCC(C)=O. The maximum atomic E-state index is 11.2. The molecular formula is C17H28O3. The number of allylic oxidation sites excluding steroid dienone is 1. The molecule has 1 saturated carbocycles. The predicted molar refractivity (Wildman–Crippen MR) is 80.3 cm³/mol. The minimum absolute atomic E-state index is 0.222. The van der Waals surface area contributed by atoms with Crippen molar-refractivity contribution in [2.24, 2.45) is 17.3 Å². The lowest BCUT2D eigenvalue weighted by atomic mass is 9.52. The van der Waals surface area contributed by atoms with E-state index in [1.54, 1.807) is 6.92 Å². The van der Waals surface area contributed by atoms with Crippen molar-refractivity contribution in [1.29, 1.82) is 0 Å². The summed E-state index contributed by atoms with van der Waals surface area (Å²) in [6, 6.07) is 0. The second-order valence-corrected chi connectivity index (χ2v) is 6.75. The lowest BCUT2D eigenvalue weighted by Crippen LogP contribution is -2.44. The van der Waals surface area contributed by atoms with E-state index in [1.807, 2.05) is 0 Å². The summed E-state index contributed by atoms with van der Waals surface area (Å²) in [5.41, 5.74) is 1.57. The van der Waals surface area contributed by atoms with E-state index in [9.17, 15) is 9.59 Å². The Bertz CT molecular complexity index is 382. The van der Waals surface area contributed by atoms with Gasteiger partial charge in [0.05, 0.1) is 6.61 Å². The van der Waals surface area contributed by atoms with E-state index in [2.05, 4.69) is 20.4 Å². The molecular weight excluding hydrogens is 252 g/mol. The fourth-order valence-corrected chi connectivity index (χ4v) is 3.32. The van der Waals surface area contributed by atoms with Crippen LogP contribution in [0.4, 0.5) is 0 Å². The molecule has 0 heterocycles. The maximum absolute atomic E-state index is 11.2. The molecule has 20 heavy (non-hydrogen) atoms. The Morgan fingerprint density at radius 1 is 1.25 bits per heavy atom. The molecule has 3 nitrogen and oxygen atoms in total. The van der Waals surface area contributed by atoms with Crippen LogP contribution in [0, 0.1) is 17.3 Å². The number of ketones is 1. The molecule has 114 valence electrons. The molecule has 0 unspecified atom stereocenters. The summed E-state index contributed by atoms with van der Waals surface area (Å²) in [5.74, 6) is 1.14. The van der Waals surface area contributed by atoms with Crippen LogP contribution in [-0.2, 0) is 14.3 Å². The van der Waals surface area contributed by atoms with E-state index in [1.165, 1.54) is 12.5 Å². The van der Waals surface area contributed by atoms with Gasteiger partial charge in [0, 0.05) is 13.3 Å². The fourth-order valence-electron chi connectivity index (χ4n) is 3.32. The van der Waals surface area contributed by atoms with Crippen LogP contribution >= 0.6 is 0 Å². The van der Waals surface area contributed by atoms with E-state index in [-0.39, 0.29) is 11.8 Å². The first-order valence-corrected chi connectivity index (χ1v) is 7.54. The van der Waals surface area contributed by atoms with Crippen LogP contribution in [0.1, 0.15) is 59.8 Å². The van der Waals surface area contributed by atoms with Crippen molar-refractivity contribution in [3.05, 3.63) is 12.2 Å². The third-order valence-electron chi connectivity index (χ3n) is 4.51. The number of hydrogen-bond acceptors (Lipinski definition) is 3. The van der Waals surface area contributed by atoms with E-state index in [0.29, 0.717) is 30.3 Å². The van der Waals surface area contributed by atoms with Gasteiger partial charge in [0.2, 0.25) is 0 Å². The molecule has 0 saturated heterocycles. The third kappa shape index (κ3) is 4.77. The Labute approximate surface area is 122 Å². The molecule has 1 fully saturated rings. The molecule has 2 atom stereocenters. The van der Waals surface area contributed by atoms with Gasteiger partial charge in [0.1, 0.15) is 5.78 Å². The Kier molecular flexibility index (Phi) is 5.97. The summed E-state index contributed by atoms with van der Waals surface area (Å²) in [6.45, 7) is 12.3. The number of Topliss-reactive ketones (excluding diaryl/α,β-unsaturated/α-hetero) is 1. The molecule has 3 heteroatoms. The summed E-state index contributed by atoms with van der Waals surface area (Å²) in [5, 5.41) is 0. The van der Waals surface area contributed by atoms with Crippen LogP contribution in [0.2, 0.25) is 0 Å². The van der Waals surface area contributed by atoms with Gasteiger partial charge in [-0.3, -0.25) is 4.79 Å². The number of esters is 1. The normalized spacial score (nSPS) is 23.8. The van der Waals surface area contributed by atoms with Gasteiger partial charge in [-0.15, -0.1) is 0 Å². The molecule has 1 aliphatic carbocycles. The molecule has 0 amide bonds. The fraction of sp³-hybridized carbons (Fsp3) is 0.765. The van der Waals surface area contributed by atoms with Gasteiger partial charge in [0.15, 0.2) is 0 Å². The van der Waals surface area contributed by atoms with E-state index in [0.717, 1.165) is 25.7 Å². The van der Waals surface area contributed by atoms with Crippen molar-refractivity contribution < 1.29 is 14.3 Å². The Morgan fingerprint density at radius 3 is 2.40 bits per heavy atom. The predicted octanol–water partition coefficient (Wildman–Crippen LogP) is 3.92. The highest BCUT2D eigenvalue weighted by Crippen LogP contribution is 2.55. The minimum Gasteiger partial charge on any atom is -0.466 e. The smallest absolute Gasteiger partial charge is 0.302 e. The highest BCUT2D eigenvalue weighted by molar-refractivity contribution is 5.75. The molecule has 0 aliphatic heterocycles. The highest BCUT2D eigenvalue weighted by atomic mass is 16.5. The van der Waals surface area contributed by atoms with Gasteiger partial charge < -0.3 is 9.53 Å². The first-order valence-electron chi connectivity index (χ1n) is 7.54. The minimum atomic E-state index is -0.222. The van der Waals surface area contributed by atoms with Crippen LogP contribution in [0.15, 0.2) is 12.2 Å². The van der Waals surface area contributed by atoms with Crippen molar-refractivity contribution in [3.63, 3.8) is 0 Å². The van der Waals surface area contributed by atoms with Crippen molar-refractivity contribution in [2.75, 3.05) is 6.61 Å². The molecule has 1 aliphatic rings. The van der Waals surface area contributed by atoms with Crippen LogP contribution in [0.5, 0.6) is 0 Å². The van der Waals surface area contributed by atoms with Gasteiger partial charge in [-0.2, -0.15) is 0 Å². The van der Waals surface area contributed by atoms with Crippen molar-refractivity contribution in [2.45, 2.75) is 59.8 Å². The van der Waals surface area contributed by atoms with Crippen molar-refractivity contribution >= 4 is 11.8 Å². The number of carbonyl (C=O) groups is 2. The number of rotatable bonds is 8. The average Bonchev–Trinajstić information content (AvgIpc) is 2.31. The van der Waals surface area contributed by atoms with E-state index >= 15 is 0 Å². The highest BCUT2D eigenvalue weighted by Gasteiger charge is 2.47. The first-order chi connectivity index (χ1) is 9.24. The monoisotopic (exact) mass is 280 g/mol. The van der Waals surface area contributed by atoms with Crippen LogP contribution in [-0.4, -0.2) is 18.4 Å². The quantitative estimate of drug-likeness (QED) is 0.384. The lowest BCUT2D eigenvalue weighted by molar-refractivity contribution is -0.141. The largest absolute Gasteiger partial charge is 0.466 e. The summed E-state index contributed by atoms with van der Waals surface area (Å²) in [7, 11) is 0. The van der Waals surface area contributed by atoms with Crippen LogP contribution in [0.25, 0.3) is 0 Å². The topological polar surface area (TPSA) is 43.4 Å². The summed E-state index contributed by atoms with van der Waals surface area (Å²) in [4.78, 5) is 21.9. The average molecular weight is 280 g/mol. The van der Waals surface area contributed by atoms with Crippen molar-refractivity contribution in [3.8, 4) is 0 Å². The van der Waals surface area contributed by atoms with E-state index in [4.69, 9.17) is 4.74 Å². The molecule has 1 rings (SSSR count). The van der Waals surface area contributed by atoms with Crippen molar-refractivity contribution in [1.82, 2.24) is 0 Å². The van der Waals surface area contributed by atoms with Crippen LogP contribution in [0.3, 0.4) is 0 Å². The second kappa shape index (κ2) is 7.05. The summed E-state index contributed by atoms with van der Waals surface area (Å²) in [6.07, 6.45) is 4.54. The van der Waals surface area contributed by atoms with Crippen LogP contribution < -0.4 is 0 Å². The van der Waals surface area contributed by atoms with Gasteiger partial charge in [-0.05, 0) is 49.9 Å². The molecule has 0 bridgehead atoms. The standard InChI is InChI=1S/C17H28O3/c1-12(7-6-10-20-14(3)19)15-11-17(4,5)16(15)9-8-13(2)18/h15-16H,1,6-11H2,2-5H3/t15-,16+/m0/s1. The zero-order valence-corrected chi connectivity index (χ0v) is 13.3. The number of ether oxygens (including phenoxy) is 1. The molecule has 0 aromatic rings. The molecule has 0 spiro atoms. The number of hydrogen-bond donors (Lipinski definition) is 0. The van der Waals surface area contributed by atoms with E-state index < -0.39 is 0 Å². The summed E-state index contributed by atoms with van der Waals surface area (Å²) >= 11 is 0. The van der Waals surface area contributed by atoms with Gasteiger partial charge in [-0.1, -0.05) is 26.0 Å².